The van der Waals surface area contributed by atoms with Gasteiger partial charge in [0.2, 0.25) is 5.89 Å². The highest BCUT2D eigenvalue weighted by atomic mass is 79.9. The van der Waals surface area contributed by atoms with Gasteiger partial charge in [0.05, 0.1) is 5.69 Å². The quantitative estimate of drug-likeness (QED) is 0.729. The van der Waals surface area contributed by atoms with Crippen LogP contribution in [0.15, 0.2) is 45.3 Å². The van der Waals surface area contributed by atoms with Crippen molar-refractivity contribution in [3.8, 4) is 11.5 Å². The van der Waals surface area contributed by atoms with E-state index >= 15 is 0 Å². The Morgan fingerprint density at radius 2 is 1.77 bits per heavy atom. The Labute approximate surface area is 131 Å². The number of rotatable bonds is 3. The minimum Gasteiger partial charge on any atom is -0.403 e. The summed E-state index contributed by atoms with van der Waals surface area (Å²) < 4.78 is 45.7. The van der Waals surface area contributed by atoms with Gasteiger partial charge in [0.15, 0.2) is 0 Å². The van der Waals surface area contributed by atoms with Crippen LogP contribution in [0.25, 0.3) is 11.5 Å². The maximum Gasteiger partial charge on any atom is 0.320 e. The fourth-order valence-corrected chi connectivity index (χ4v) is 2.24. The van der Waals surface area contributed by atoms with Crippen molar-refractivity contribution < 1.29 is 17.6 Å². The van der Waals surface area contributed by atoms with Crippen molar-refractivity contribution in [2.24, 2.45) is 0 Å². The maximum atomic E-state index is 13.5. The molecule has 1 heterocycles. The monoisotopic (exact) mass is 369 g/mol. The molecule has 22 heavy (non-hydrogen) atoms. The van der Waals surface area contributed by atoms with Crippen LogP contribution in [0.4, 0.5) is 24.9 Å². The van der Waals surface area contributed by atoms with E-state index in [9.17, 15) is 13.2 Å². The molecule has 0 aliphatic rings. The molecule has 0 aliphatic carbocycles. The molecule has 0 unspecified atom stereocenters. The molecule has 0 amide bonds. The molecule has 3 aromatic rings. The van der Waals surface area contributed by atoms with E-state index in [4.69, 9.17) is 4.42 Å². The molecular formula is C14H7BrF3N3O. The van der Waals surface area contributed by atoms with E-state index in [0.29, 0.717) is 10.0 Å². The Hall–Kier alpha value is -2.35. The minimum absolute atomic E-state index is 0.0412. The Balaban J connectivity index is 1.89. The summed E-state index contributed by atoms with van der Waals surface area (Å²) in [5.74, 6) is -1.72. The smallest absolute Gasteiger partial charge is 0.320 e. The van der Waals surface area contributed by atoms with Crippen LogP contribution in [-0.2, 0) is 0 Å². The highest BCUT2D eigenvalue weighted by molar-refractivity contribution is 9.10. The third-order valence-corrected chi connectivity index (χ3v) is 3.16. The summed E-state index contributed by atoms with van der Waals surface area (Å²) in [6.07, 6.45) is 0. The highest BCUT2D eigenvalue weighted by Gasteiger charge is 2.12. The van der Waals surface area contributed by atoms with Gasteiger partial charge in [-0.25, -0.2) is 13.2 Å². The van der Waals surface area contributed by atoms with Crippen LogP contribution >= 0.6 is 15.9 Å². The van der Waals surface area contributed by atoms with Gasteiger partial charge in [0, 0.05) is 16.1 Å². The van der Waals surface area contributed by atoms with Gasteiger partial charge in [-0.2, -0.15) is 0 Å². The number of hydrogen-bond donors (Lipinski definition) is 1. The van der Waals surface area contributed by atoms with Crippen LogP contribution in [0.2, 0.25) is 0 Å². The van der Waals surface area contributed by atoms with E-state index in [1.807, 2.05) is 0 Å². The zero-order valence-corrected chi connectivity index (χ0v) is 12.4. The lowest BCUT2D eigenvalue weighted by molar-refractivity contribution is 0.578. The molecular weight excluding hydrogens is 363 g/mol. The molecule has 0 saturated carbocycles. The first kappa shape index (κ1) is 14.6. The maximum absolute atomic E-state index is 13.5. The van der Waals surface area contributed by atoms with E-state index in [1.54, 1.807) is 6.07 Å². The second-order valence-corrected chi connectivity index (χ2v) is 5.24. The highest BCUT2D eigenvalue weighted by Crippen LogP contribution is 2.26. The van der Waals surface area contributed by atoms with Gasteiger partial charge in [-0.1, -0.05) is 21.0 Å². The van der Waals surface area contributed by atoms with Gasteiger partial charge in [0.25, 0.3) is 0 Å². The van der Waals surface area contributed by atoms with Crippen LogP contribution in [0.5, 0.6) is 0 Å². The van der Waals surface area contributed by atoms with Crippen molar-refractivity contribution in [1.82, 2.24) is 10.2 Å². The molecule has 1 N–H and O–H groups in total. The first-order valence-corrected chi connectivity index (χ1v) is 6.82. The Kier molecular flexibility index (Phi) is 3.84. The lowest BCUT2D eigenvalue weighted by atomic mass is 10.2. The number of nitrogens with one attached hydrogen (secondary N) is 1. The summed E-state index contributed by atoms with van der Waals surface area (Å²) in [4.78, 5) is 0. The predicted molar refractivity (Wildman–Crippen MR) is 77.0 cm³/mol. The van der Waals surface area contributed by atoms with Crippen LogP contribution in [0, 0.1) is 17.5 Å². The summed E-state index contributed by atoms with van der Waals surface area (Å²) >= 11 is 3.15. The normalized spacial score (nSPS) is 10.7. The van der Waals surface area contributed by atoms with Crippen molar-refractivity contribution in [2.45, 2.75) is 0 Å². The Morgan fingerprint density at radius 3 is 2.55 bits per heavy atom. The zero-order valence-electron chi connectivity index (χ0n) is 10.8. The van der Waals surface area contributed by atoms with Crippen LogP contribution in [0.1, 0.15) is 0 Å². The Bertz CT molecular complexity index is 818. The number of anilines is 2. The number of hydrogen-bond acceptors (Lipinski definition) is 4. The second-order valence-electron chi connectivity index (χ2n) is 4.32. The van der Waals surface area contributed by atoms with Crippen molar-refractivity contribution in [3.63, 3.8) is 0 Å². The van der Waals surface area contributed by atoms with E-state index < -0.39 is 17.5 Å². The van der Waals surface area contributed by atoms with Gasteiger partial charge < -0.3 is 9.73 Å². The molecule has 2 aromatic carbocycles. The molecule has 1 aromatic heterocycles. The average molecular weight is 370 g/mol. The zero-order chi connectivity index (χ0) is 15.7. The minimum atomic E-state index is -0.672. The van der Waals surface area contributed by atoms with Crippen LogP contribution < -0.4 is 5.32 Å². The number of nitrogens with zero attached hydrogens (tertiary/aromatic N) is 2. The third kappa shape index (κ3) is 3.11. The summed E-state index contributed by atoms with van der Waals surface area (Å²) in [6.45, 7) is 0. The van der Waals surface area contributed by atoms with E-state index in [-0.39, 0.29) is 17.6 Å². The summed E-state index contributed by atoms with van der Waals surface area (Å²) in [6, 6.07) is 6.86. The Morgan fingerprint density at radius 1 is 0.955 bits per heavy atom. The molecule has 0 spiro atoms. The fourth-order valence-electron chi connectivity index (χ4n) is 1.78. The van der Waals surface area contributed by atoms with Crippen LogP contribution in [-0.4, -0.2) is 10.2 Å². The van der Waals surface area contributed by atoms with E-state index in [1.165, 1.54) is 12.1 Å². The van der Waals surface area contributed by atoms with Crippen molar-refractivity contribution in [1.29, 1.82) is 0 Å². The molecule has 112 valence electrons. The number of aromatic nitrogens is 2. The van der Waals surface area contributed by atoms with Gasteiger partial charge in [-0.05, 0) is 30.3 Å². The van der Waals surface area contributed by atoms with Gasteiger partial charge in [-0.15, -0.1) is 5.10 Å². The summed E-state index contributed by atoms with van der Waals surface area (Å²) in [7, 11) is 0. The molecule has 0 radical (unpaired) electrons. The predicted octanol–water partition coefficient (Wildman–Crippen LogP) is 4.66. The van der Waals surface area contributed by atoms with Gasteiger partial charge >= 0.3 is 6.01 Å². The van der Waals surface area contributed by atoms with Gasteiger partial charge in [0.1, 0.15) is 17.5 Å². The SMILES string of the molecule is Fc1cc(Br)cc(-c2nnc(Nc3cc(F)ccc3F)o2)c1. The lowest BCUT2D eigenvalue weighted by Crippen LogP contribution is -1.94. The molecule has 0 atom stereocenters. The topological polar surface area (TPSA) is 51.0 Å². The van der Waals surface area contributed by atoms with Gasteiger partial charge in [-0.3, -0.25) is 0 Å². The molecule has 0 aliphatic heterocycles. The summed E-state index contributed by atoms with van der Waals surface area (Å²) in [5.41, 5.74) is 0.211. The molecule has 0 saturated heterocycles. The molecule has 0 fully saturated rings. The van der Waals surface area contributed by atoms with Crippen molar-refractivity contribution in [2.75, 3.05) is 5.32 Å². The average Bonchev–Trinajstić information content (AvgIpc) is 2.90. The lowest BCUT2D eigenvalue weighted by Gasteiger charge is -2.02. The first-order valence-electron chi connectivity index (χ1n) is 6.03. The van der Waals surface area contributed by atoms with E-state index in [2.05, 4.69) is 31.4 Å². The van der Waals surface area contributed by atoms with E-state index in [0.717, 1.165) is 18.2 Å². The number of halogens is 4. The number of benzene rings is 2. The first-order chi connectivity index (χ1) is 10.5. The summed E-state index contributed by atoms with van der Waals surface area (Å²) in [5, 5.41) is 9.87. The second kappa shape index (κ2) is 5.80. The largest absolute Gasteiger partial charge is 0.403 e. The molecule has 3 rings (SSSR count). The standard InChI is InChI=1S/C14H7BrF3N3O/c15-8-3-7(4-10(17)5-8)13-20-21-14(22-13)19-12-6-9(16)1-2-11(12)18/h1-6H,(H,19,21). The third-order valence-electron chi connectivity index (χ3n) is 2.70. The molecule has 4 nitrogen and oxygen atoms in total. The molecule has 0 bridgehead atoms. The molecule has 8 heteroatoms. The fraction of sp³-hybridized carbons (Fsp3) is 0. The van der Waals surface area contributed by atoms with Crippen molar-refractivity contribution >= 4 is 27.6 Å². The van der Waals surface area contributed by atoms with Crippen LogP contribution in [0.3, 0.4) is 0 Å². The van der Waals surface area contributed by atoms with Crippen molar-refractivity contribution in [3.05, 3.63) is 58.3 Å².